The first-order valence-electron chi connectivity index (χ1n) is 6.36. The Morgan fingerprint density at radius 2 is 1.95 bits per heavy atom. The maximum absolute atomic E-state index is 13.1. The maximum Gasteiger partial charge on any atom is 0.307 e. The Morgan fingerprint density at radius 1 is 1.25 bits per heavy atom. The van der Waals surface area contributed by atoms with E-state index in [-0.39, 0.29) is 13.0 Å². The van der Waals surface area contributed by atoms with Crippen molar-refractivity contribution in [2.24, 2.45) is 0 Å². The minimum atomic E-state index is -4.74. The van der Waals surface area contributed by atoms with E-state index in [1.807, 2.05) is 12.1 Å². The van der Waals surface area contributed by atoms with Crippen LogP contribution in [0.1, 0.15) is 23.6 Å². The molecular formula is C13H14FNO4S. The lowest BCUT2D eigenvalue weighted by Gasteiger charge is -2.27. The number of carbonyl (C=O) groups excluding carboxylic acids is 1. The smallest absolute Gasteiger partial charge is 0.307 e. The van der Waals surface area contributed by atoms with Crippen molar-refractivity contribution in [2.75, 3.05) is 6.54 Å². The average molecular weight is 299 g/mol. The second kappa shape index (κ2) is 4.53. The van der Waals surface area contributed by atoms with Crippen molar-refractivity contribution in [2.45, 2.75) is 30.2 Å². The third-order valence-corrected chi connectivity index (χ3v) is 5.14. The van der Waals surface area contributed by atoms with Crippen molar-refractivity contribution in [1.82, 2.24) is 4.90 Å². The maximum atomic E-state index is 13.1. The molecule has 1 amide bonds. The highest BCUT2D eigenvalue weighted by atomic mass is 32.3. The summed E-state index contributed by atoms with van der Waals surface area (Å²) in [7, 11) is -4.74. The number of hydrogen-bond donors (Lipinski definition) is 1. The van der Waals surface area contributed by atoms with Crippen molar-refractivity contribution in [3.05, 3.63) is 35.4 Å². The molecule has 7 heteroatoms. The highest BCUT2D eigenvalue weighted by molar-refractivity contribution is 7.87. The summed E-state index contributed by atoms with van der Waals surface area (Å²) in [5, 5.41) is 8.82. The number of fused-ring (bicyclic) bond motifs is 1. The zero-order valence-electron chi connectivity index (χ0n) is 10.6. The summed E-state index contributed by atoms with van der Waals surface area (Å²) in [5.74, 6) is -0.433. The van der Waals surface area contributed by atoms with E-state index in [0.717, 1.165) is 11.1 Å². The summed E-state index contributed by atoms with van der Waals surface area (Å²) in [6, 6.07) is 6.73. The van der Waals surface area contributed by atoms with E-state index in [9.17, 15) is 22.2 Å². The number of benzene rings is 1. The van der Waals surface area contributed by atoms with Gasteiger partial charge in [-0.1, -0.05) is 24.3 Å². The molecule has 0 spiro atoms. The van der Waals surface area contributed by atoms with Crippen LogP contribution in [0.2, 0.25) is 0 Å². The summed E-state index contributed by atoms with van der Waals surface area (Å²) < 4.78 is 35.0. The number of aliphatic hydroxyl groups excluding tert-OH is 1. The summed E-state index contributed by atoms with van der Waals surface area (Å²) in [4.78, 5) is 13.2. The molecule has 2 aliphatic rings. The highest BCUT2D eigenvalue weighted by Crippen LogP contribution is 2.39. The monoisotopic (exact) mass is 299 g/mol. The number of halogens is 1. The number of nitrogens with zero attached hydrogens (tertiary/aromatic N) is 1. The minimum Gasteiger partial charge on any atom is -0.390 e. The number of aliphatic hydroxyl groups is 1. The normalized spacial score (nSPS) is 29.8. The molecule has 20 heavy (non-hydrogen) atoms. The molecular weight excluding hydrogens is 285 g/mol. The summed E-state index contributed by atoms with van der Waals surface area (Å²) in [6.07, 6.45) is -0.723. The topological polar surface area (TPSA) is 74.7 Å². The van der Waals surface area contributed by atoms with Gasteiger partial charge < -0.3 is 10.0 Å². The van der Waals surface area contributed by atoms with Gasteiger partial charge >= 0.3 is 10.2 Å². The Bertz CT molecular complexity index is 660. The summed E-state index contributed by atoms with van der Waals surface area (Å²) in [5.41, 5.74) is 1.75. The fourth-order valence-corrected chi connectivity index (χ4v) is 3.76. The van der Waals surface area contributed by atoms with Crippen LogP contribution in [0.4, 0.5) is 3.89 Å². The quantitative estimate of drug-likeness (QED) is 0.809. The second-order valence-electron chi connectivity index (χ2n) is 5.26. The van der Waals surface area contributed by atoms with Gasteiger partial charge in [0.05, 0.1) is 12.1 Å². The first kappa shape index (κ1) is 13.5. The first-order chi connectivity index (χ1) is 9.38. The molecule has 1 aliphatic carbocycles. The van der Waals surface area contributed by atoms with E-state index in [1.165, 1.54) is 4.90 Å². The molecule has 3 atom stereocenters. The zero-order valence-corrected chi connectivity index (χ0v) is 11.4. The van der Waals surface area contributed by atoms with Gasteiger partial charge in [-0.3, -0.25) is 4.79 Å². The number of rotatable bonds is 2. The largest absolute Gasteiger partial charge is 0.390 e. The van der Waals surface area contributed by atoms with Gasteiger partial charge in [-0.25, -0.2) is 0 Å². The van der Waals surface area contributed by atoms with Gasteiger partial charge in [0.15, 0.2) is 0 Å². The van der Waals surface area contributed by atoms with E-state index in [4.69, 9.17) is 0 Å². The molecule has 108 valence electrons. The molecule has 0 bridgehead atoms. The highest BCUT2D eigenvalue weighted by Gasteiger charge is 2.45. The lowest BCUT2D eigenvalue weighted by molar-refractivity contribution is -0.131. The van der Waals surface area contributed by atoms with Gasteiger partial charge in [-0.05, 0) is 11.1 Å². The van der Waals surface area contributed by atoms with Gasteiger partial charge in [-0.2, -0.15) is 8.42 Å². The van der Waals surface area contributed by atoms with Crippen molar-refractivity contribution in [3.63, 3.8) is 0 Å². The molecule has 1 aromatic rings. The Morgan fingerprint density at radius 3 is 2.60 bits per heavy atom. The predicted molar refractivity (Wildman–Crippen MR) is 69.0 cm³/mol. The molecule has 5 nitrogen and oxygen atoms in total. The zero-order chi connectivity index (χ0) is 14.5. The molecule has 1 N–H and O–H groups in total. The third-order valence-electron chi connectivity index (χ3n) is 4.02. The fraction of sp³-hybridized carbons (Fsp3) is 0.462. The van der Waals surface area contributed by atoms with Crippen LogP contribution in [0.3, 0.4) is 0 Å². The van der Waals surface area contributed by atoms with Gasteiger partial charge in [0.1, 0.15) is 5.25 Å². The summed E-state index contributed by atoms with van der Waals surface area (Å²) in [6.45, 7) is -0.201. The molecule has 1 heterocycles. The molecule has 3 unspecified atom stereocenters. The van der Waals surface area contributed by atoms with Gasteiger partial charge in [0, 0.05) is 19.4 Å². The van der Waals surface area contributed by atoms with Crippen molar-refractivity contribution in [1.29, 1.82) is 0 Å². The number of carbonyl (C=O) groups is 1. The van der Waals surface area contributed by atoms with Crippen LogP contribution in [-0.4, -0.2) is 42.2 Å². The van der Waals surface area contributed by atoms with E-state index in [1.54, 1.807) is 12.1 Å². The molecule has 1 fully saturated rings. The van der Waals surface area contributed by atoms with Crippen LogP contribution in [0.15, 0.2) is 24.3 Å². The molecule has 3 rings (SSSR count). The van der Waals surface area contributed by atoms with Gasteiger partial charge in [-0.15, -0.1) is 3.89 Å². The standard InChI is InChI=1S/C13H14FNO4S/c14-20(18,19)9-6-12(17)15(7-9)13-10-4-2-1-3-8(10)5-11(13)16/h1-4,9,11,13,16H,5-7H2. The number of likely N-dealkylation sites (tertiary alicyclic amines) is 1. The Labute approximate surface area is 116 Å². The Hall–Kier alpha value is -1.47. The third kappa shape index (κ3) is 2.10. The van der Waals surface area contributed by atoms with E-state index in [2.05, 4.69) is 0 Å². The summed E-state index contributed by atoms with van der Waals surface area (Å²) >= 11 is 0. The van der Waals surface area contributed by atoms with Crippen LogP contribution >= 0.6 is 0 Å². The first-order valence-corrected chi connectivity index (χ1v) is 7.81. The van der Waals surface area contributed by atoms with E-state index in [0.29, 0.717) is 6.42 Å². The van der Waals surface area contributed by atoms with E-state index >= 15 is 0 Å². The van der Waals surface area contributed by atoms with Crippen LogP contribution in [0, 0.1) is 0 Å². The predicted octanol–water partition coefficient (Wildman–Crippen LogP) is 0.545. The van der Waals surface area contributed by atoms with Crippen LogP contribution in [0.5, 0.6) is 0 Å². The van der Waals surface area contributed by atoms with Crippen molar-refractivity contribution < 1.29 is 22.2 Å². The second-order valence-corrected chi connectivity index (χ2v) is 6.88. The lowest BCUT2D eigenvalue weighted by atomic mass is 10.1. The lowest BCUT2D eigenvalue weighted by Crippen LogP contribution is -2.36. The van der Waals surface area contributed by atoms with Crippen LogP contribution < -0.4 is 0 Å². The van der Waals surface area contributed by atoms with Crippen LogP contribution in [0.25, 0.3) is 0 Å². The Balaban J connectivity index is 1.93. The van der Waals surface area contributed by atoms with Gasteiger partial charge in [0.25, 0.3) is 0 Å². The van der Waals surface area contributed by atoms with Crippen molar-refractivity contribution >= 4 is 16.1 Å². The molecule has 1 aliphatic heterocycles. The Kier molecular flexibility index (Phi) is 3.06. The van der Waals surface area contributed by atoms with Crippen LogP contribution in [-0.2, 0) is 21.4 Å². The minimum absolute atomic E-state index is 0.201. The number of hydrogen-bond acceptors (Lipinski definition) is 4. The molecule has 0 saturated carbocycles. The SMILES string of the molecule is O=C1CC(S(=O)(=O)F)CN1C1c2ccccc2CC1O. The molecule has 1 aromatic carbocycles. The van der Waals surface area contributed by atoms with Crippen molar-refractivity contribution in [3.8, 4) is 0 Å². The fourth-order valence-electron chi connectivity index (χ4n) is 3.08. The average Bonchev–Trinajstić information content (AvgIpc) is 2.88. The molecule has 0 aromatic heterocycles. The number of amides is 1. The molecule has 1 saturated heterocycles. The van der Waals surface area contributed by atoms with Gasteiger partial charge in [0.2, 0.25) is 5.91 Å². The molecule has 0 radical (unpaired) electrons. The van der Waals surface area contributed by atoms with E-state index < -0.39 is 33.5 Å².